The first-order chi connectivity index (χ1) is 10.2. The highest BCUT2D eigenvalue weighted by Gasteiger charge is 2.23. The van der Waals surface area contributed by atoms with Crippen molar-refractivity contribution in [3.63, 3.8) is 0 Å². The van der Waals surface area contributed by atoms with E-state index in [1.165, 1.54) is 0 Å². The van der Waals surface area contributed by atoms with Gasteiger partial charge in [-0.3, -0.25) is 10.3 Å². The van der Waals surface area contributed by atoms with Crippen LogP contribution in [0, 0.1) is 6.92 Å². The molecule has 1 unspecified atom stereocenters. The van der Waals surface area contributed by atoms with Gasteiger partial charge in [-0.25, -0.2) is 4.79 Å². The number of benzene rings is 1. The number of nitrogens with zero attached hydrogens (tertiary/aromatic N) is 1. The second kappa shape index (κ2) is 7.55. The summed E-state index contributed by atoms with van der Waals surface area (Å²) in [7, 11) is 0. The molecule has 4 nitrogen and oxygen atoms in total. The summed E-state index contributed by atoms with van der Waals surface area (Å²) in [6.45, 7) is 4.73. The maximum absolute atomic E-state index is 12.2. The van der Waals surface area contributed by atoms with Gasteiger partial charge < -0.3 is 4.74 Å². The van der Waals surface area contributed by atoms with E-state index < -0.39 is 6.04 Å². The number of aromatic nitrogens is 1. The number of pyridine rings is 1. The molecule has 21 heavy (non-hydrogen) atoms. The number of carbonyl (C=O) groups is 1. The van der Waals surface area contributed by atoms with Crippen LogP contribution in [-0.4, -0.2) is 17.6 Å². The van der Waals surface area contributed by atoms with E-state index >= 15 is 0 Å². The number of carbonyl (C=O) groups excluding carboxylic acids is 1. The summed E-state index contributed by atoms with van der Waals surface area (Å²) in [6, 6.07) is 11.4. The maximum atomic E-state index is 12.2. The fraction of sp³-hybridized carbons (Fsp3) is 0.294. The Balaban J connectivity index is 2.17. The van der Waals surface area contributed by atoms with Crippen molar-refractivity contribution in [2.75, 3.05) is 6.61 Å². The van der Waals surface area contributed by atoms with Gasteiger partial charge in [0.1, 0.15) is 6.04 Å². The topological polar surface area (TPSA) is 51.2 Å². The Bertz CT molecular complexity index is 584. The lowest BCUT2D eigenvalue weighted by Gasteiger charge is -2.19. The second-order valence-corrected chi connectivity index (χ2v) is 4.78. The molecule has 0 saturated carbocycles. The number of nitrogens with one attached hydrogen (secondary N) is 1. The number of aryl methyl sites for hydroxylation is 1. The van der Waals surface area contributed by atoms with Crippen LogP contribution >= 0.6 is 0 Å². The Labute approximate surface area is 125 Å². The number of rotatable bonds is 6. The summed E-state index contributed by atoms with van der Waals surface area (Å²) in [5, 5.41) is 3.26. The van der Waals surface area contributed by atoms with Gasteiger partial charge >= 0.3 is 5.97 Å². The first-order valence-electron chi connectivity index (χ1n) is 7.06. The molecule has 4 heteroatoms. The average Bonchev–Trinajstić information content (AvgIpc) is 2.50. The molecule has 0 radical (unpaired) electrons. The molecule has 1 heterocycles. The standard InChI is InChI=1S/C17H20N2O2/c1-3-21-17(20)16(15-12-18-10-9-13(15)2)19-11-14-7-5-4-6-8-14/h4-10,12,16,19H,3,11H2,1-2H3. The predicted molar refractivity (Wildman–Crippen MR) is 81.6 cm³/mol. The molecule has 0 saturated heterocycles. The first-order valence-corrected chi connectivity index (χ1v) is 7.06. The van der Waals surface area contributed by atoms with Crippen molar-refractivity contribution >= 4 is 5.97 Å². The fourth-order valence-corrected chi connectivity index (χ4v) is 2.14. The van der Waals surface area contributed by atoms with Crippen LogP contribution in [0.25, 0.3) is 0 Å². The lowest BCUT2D eigenvalue weighted by Crippen LogP contribution is -2.30. The molecule has 0 spiro atoms. The lowest BCUT2D eigenvalue weighted by molar-refractivity contribution is -0.145. The molecule has 1 aromatic heterocycles. The van der Waals surface area contributed by atoms with Gasteiger partial charge in [0.25, 0.3) is 0 Å². The van der Waals surface area contributed by atoms with Crippen LogP contribution < -0.4 is 5.32 Å². The van der Waals surface area contributed by atoms with Gasteiger partial charge in [-0.05, 0) is 31.0 Å². The highest BCUT2D eigenvalue weighted by atomic mass is 16.5. The molecular weight excluding hydrogens is 264 g/mol. The Kier molecular flexibility index (Phi) is 5.46. The second-order valence-electron chi connectivity index (χ2n) is 4.78. The van der Waals surface area contributed by atoms with Crippen LogP contribution in [-0.2, 0) is 16.1 Å². The van der Waals surface area contributed by atoms with E-state index in [0.717, 1.165) is 16.7 Å². The van der Waals surface area contributed by atoms with Crippen LogP contribution in [0.3, 0.4) is 0 Å². The molecule has 1 atom stereocenters. The van der Waals surface area contributed by atoms with Crippen molar-refractivity contribution in [1.82, 2.24) is 10.3 Å². The summed E-state index contributed by atoms with van der Waals surface area (Å²) < 4.78 is 5.17. The van der Waals surface area contributed by atoms with E-state index in [9.17, 15) is 4.79 Å². The minimum Gasteiger partial charge on any atom is -0.465 e. The summed E-state index contributed by atoms with van der Waals surface area (Å²) in [6.07, 6.45) is 3.44. The summed E-state index contributed by atoms with van der Waals surface area (Å²) in [5.41, 5.74) is 2.99. The van der Waals surface area contributed by atoms with Crippen LogP contribution in [0.15, 0.2) is 48.8 Å². The third-order valence-corrected chi connectivity index (χ3v) is 3.27. The van der Waals surface area contributed by atoms with Gasteiger partial charge in [0.2, 0.25) is 0 Å². The van der Waals surface area contributed by atoms with E-state index in [0.29, 0.717) is 13.2 Å². The van der Waals surface area contributed by atoms with Crippen LogP contribution in [0.2, 0.25) is 0 Å². The van der Waals surface area contributed by atoms with E-state index in [4.69, 9.17) is 4.74 Å². The molecule has 0 aliphatic rings. The molecule has 1 N–H and O–H groups in total. The number of hydrogen-bond donors (Lipinski definition) is 1. The maximum Gasteiger partial charge on any atom is 0.327 e. The van der Waals surface area contributed by atoms with Gasteiger partial charge in [0, 0.05) is 24.5 Å². The fourth-order valence-electron chi connectivity index (χ4n) is 2.14. The van der Waals surface area contributed by atoms with Crippen LogP contribution in [0.5, 0.6) is 0 Å². The molecule has 0 amide bonds. The summed E-state index contributed by atoms with van der Waals surface area (Å²) >= 11 is 0. The number of ether oxygens (including phenoxy) is 1. The van der Waals surface area contributed by atoms with Gasteiger partial charge in [-0.2, -0.15) is 0 Å². The molecule has 110 valence electrons. The van der Waals surface area contributed by atoms with E-state index in [2.05, 4.69) is 10.3 Å². The quantitative estimate of drug-likeness (QED) is 0.829. The van der Waals surface area contributed by atoms with Crippen LogP contribution in [0.4, 0.5) is 0 Å². The van der Waals surface area contributed by atoms with Gasteiger partial charge in [-0.1, -0.05) is 30.3 Å². The average molecular weight is 284 g/mol. The number of esters is 1. The lowest BCUT2D eigenvalue weighted by atomic mass is 10.0. The highest BCUT2D eigenvalue weighted by molar-refractivity contribution is 5.78. The SMILES string of the molecule is CCOC(=O)C(NCc1ccccc1)c1cnccc1C. The monoisotopic (exact) mass is 284 g/mol. The molecule has 2 aromatic rings. The van der Waals surface area contributed by atoms with E-state index in [1.54, 1.807) is 12.4 Å². The van der Waals surface area contributed by atoms with Crippen molar-refractivity contribution in [3.05, 3.63) is 65.5 Å². The van der Waals surface area contributed by atoms with Crippen molar-refractivity contribution in [2.45, 2.75) is 26.4 Å². The van der Waals surface area contributed by atoms with Crippen molar-refractivity contribution < 1.29 is 9.53 Å². The highest BCUT2D eigenvalue weighted by Crippen LogP contribution is 2.18. The van der Waals surface area contributed by atoms with E-state index in [1.807, 2.05) is 50.2 Å². The molecule has 0 aliphatic carbocycles. The molecular formula is C17H20N2O2. The summed E-state index contributed by atoms with van der Waals surface area (Å²) in [5.74, 6) is -0.274. The first kappa shape index (κ1) is 15.2. The zero-order chi connectivity index (χ0) is 15.1. The van der Waals surface area contributed by atoms with Gasteiger partial charge in [-0.15, -0.1) is 0 Å². The number of hydrogen-bond acceptors (Lipinski definition) is 4. The third-order valence-electron chi connectivity index (χ3n) is 3.27. The minimum absolute atomic E-state index is 0.274. The largest absolute Gasteiger partial charge is 0.465 e. The Morgan fingerprint density at radius 3 is 2.71 bits per heavy atom. The molecule has 1 aromatic carbocycles. The zero-order valence-corrected chi connectivity index (χ0v) is 12.4. The summed E-state index contributed by atoms with van der Waals surface area (Å²) in [4.78, 5) is 16.3. The zero-order valence-electron chi connectivity index (χ0n) is 12.4. The van der Waals surface area contributed by atoms with Crippen molar-refractivity contribution in [1.29, 1.82) is 0 Å². The third kappa shape index (κ3) is 4.13. The van der Waals surface area contributed by atoms with Crippen molar-refractivity contribution in [3.8, 4) is 0 Å². The molecule has 2 rings (SSSR count). The van der Waals surface area contributed by atoms with E-state index in [-0.39, 0.29) is 5.97 Å². The normalized spacial score (nSPS) is 11.9. The smallest absolute Gasteiger partial charge is 0.327 e. The van der Waals surface area contributed by atoms with Crippen molar-refractivity contribution in [2.24, 2.45) is 0 Å². The van der Waals surface area contributed by atoms with Crippen LogP contribution in [0.1, 0.15) is 29.7 Å². The molecule has 0 aliphatic heterocycles. The molecule has 0 fully saturated rings. The minimum atomic E-state index is -0.501. The van der Waals surface area contributed by atoms with Gasteiger partial charge in [0.15, 0.2) is 0 Å². The Hall–Kier alpha value is -2.20. The predicted octanol–water partition coefficient (Wildman–Crippen LogP) is 2.78. The van der Waals surface area contributed by atoms with Gasteiger partial charge in [0.05, 0.1) is 6.61 Å². The Morgan fingerprint density at radius 2 is 2.05 bits per heavy atom. The molecule has 0 bridgehead atoms. The Morgan fingerprint density at radius 1 is 1.29 bits per heavy atom.